The molecular weight excluding hydrogens is 376 g/mol. The van der Waals surface area contributed by atoms with Gasteiger partial charge in [-0.15, -0.1) is 0 Å². The van der Waals surface area contributed by atoms with Gasteiger partial charge in [0, 0.05) is 18.4 Å². The van der Waals surface area contributed by atoms with Gasteiger partial charge in [0.05, 0.1) is 5.97 Å². The summed E-state index contributed by atoms with van der Waals surface area (Å²) in [5.74, 6) is -6.17. The Labute approximate surface area is 242 Å². The molecule has 0 aliphatic rings. The number of aliphatic carboxylic acids is 3. The zero-order chi connectivity index (χ0) is 13.9. The Hall–Kier alpha value is 3.47. The van der Waals surface area contributed by atoms with Crippen molar-refractivity contribution in [3.05, 3.63) is 0 Å². The summed E-state index contributed by atoms with van der Waals surface area (Å²) in [6.45, 7) is 0. The second-order valence-electron chi connectivity index (χ2n) is 3.28. The Morgan fingerprint density at radius 3 is 1.55 bits per heavy atom. The molecule has 20 heavy (non-hydrogen) atoms. The molecule has 0 heterocycles. The van der Waals surface area contributed by atoms with E-state index in [9.17, 15) is 34.3 Å². The average Bonchev–Trinajstić information content (AvgIpc) is 2.08. The van der Waals surface area contributed by atoms with Gasteiger partial charge in [-0.2, -0.15) is 0 Å². The minimum atomic E-state index is -5.45. The number of hydrogen-bond donors (Lipinski definition) is 2. The van der Waals surface area contributed by atoms with Crippen molar-refractivity contribution >= 4 is 25.5 Å². The zero-order valence-corrected chi connectivity index (χ0v) is 21.6. The monoisotopic (exact) mass is 384 g/mol. The van der Waals surface area contributed by atoms with Gasteiger partial charge in [0.15, 0.2) is 0 Å². The van der Waals surface area contributed by atoms with Gasteiger partial charge in [-0.3, -0.25) is 4.57 Å². The van der Waals surface area contributed by atoms with Crippen molar-refractivity contribution < 1.29 is 198 Å². The van der Waals surface area contributed by atoms with Crippen LogP contribution in [0.4, 0.5) is 0 Å². The molecule has 0 aromatic carbocycles. The fraction of sp³-hybridized carbons (Fsp3) is 0.571. The molecule has 0 saturated carbocycles. The first kappa shape index (κ1) is 31.3. The maximum Gasteiger partial charge on any atom is 1.00 e. The molecule has 0 rings (SSSR count). The Morgan fingerprint density at radius 2 is 1.35 bits per heavy atom. The van der Waals surface area contributed by atoms with E-state index in [0.717, 1.165) is 0 Å². The third-order valence-electron chi connectivity index (χ3n) is 2.12. The maximum absolute atomic E-state index is 11.0. The molecule has 0 amide bonds. The van der Waals surface area contributed by atoms with Crippen LogP contribution in [0.1, 0.15) is 19.3 Å². The molecule has 0 radical (unpaired) electrons. The molecule has 0 aromatic heterocycles. The molecule has 2 N–H and O–H groups in total. The van der Waals surface area contributed by atoms with Crippen LogP contribution in [0.5, 0.6) is 0 Å². The van der Waals surface area contributed by atoms with Crippen LogP contribution in [-0.4, -0.2) is 32.9 Å². The van der Waals surface area contributed by atoms with E-state index in [-0.39, 0.29) is 154 Å². The largest absolute Gasteiger partial charge is 1.00 e. The van der Waals surface area contributed by atoms with Crippen LogP contribution in [0.3, 0.4) is 0 Å². The van der Waals surface area contributed by atoms with Crippen LogP contribution in [0.2, 0.25) is 0 Å². The van der Waals surface area contributed by atoms with Gasteiger partial charge in [-0.1, -0.05) is 0 Å². The first-order valence-corrected chi connectivity index (χ1v) is 5.81. The van der Waals surface area contributed by atoms with E-state index in [2.05, 4.69) is 0 Å². The first-order chi connectivity index (χ1) is 7.53. The maximum atomic E-state index is 11.0. The smallest absolute Gasteiger partial charge is 0.550 e. The van der Waals surface area contributed by atoms with Gasteiger partial charge in [0.2, 0.25) is 0 Å². The second-order valence-corrected chi connectivity index (χ2v) is 5.23. The standard InChI is InChI=1S/C7H11O9P.3K/c8-4(9)1-2-7(6(12)13,3-5(10)11)17(14,15)16;;;/h1-3H2,(H,8,9)(H,10,11)(H,12,13)(H2,14,15,16);;;/q;3*+1/p-3. The van der Waals surface area contributed by atoms with Crippen LogP contribution < -0.4 is 169 Å². The molecule has 0 spiro atoms. The Kier molecular flexibility index (Phi) is 21.5. The quantitative estimate of drug-likeness (QED) is 0.318. The van der Waals surface area contributed by atoms with Gasteiger partial charge in [-0.05, 0) is 12.8 Å². The number of rotatable bonds is 7. The predicted molar refractivity (Wildman–Crippen MR) is 43.6 cm³/mol. The molecule has 0 aliphatic heterocycles. The van der Waals surface area contributed by atoms with Crippen molar-refractivity contribution in [2.24, 2.45) is 0 Å². The Balaban J connectivity index is -0.000000427. The van der Waals surface area contributed by atoms with E-state index in [0.29, 0.717) is 0 Å². The molecule has 0 bridgehead atoms. The van der Waals surface area contributed by atoms with Crippen molar-refractivity contribution in [1.82, 2.24) is 0 Å². The number of carbonyl (C=O) groups excluding carboxylic acids is 3. The summed E-state index contributed by atoms with van der Waals surface area (Å²) in [4.78, 5) is 48.8. The van der Waals surface area contributed by atoms with Crippen LogP contribution in [0.15, 0.2) is 0 Å². The normalized spacial score (nSPS) is 12.7. The van der Waals surface area contributed by atoms with Crippen molar-refractivity contribution in [2.45, 2.75) is 24.4 Å². The fourth-order valence-corrected chi connectivity index (χ4v) is 2.15. The summed E-state index contributed by atoms with van der Waals surface area (Å²) < 4.78 is 11.0. The summed E-state index contributed by atoms with van der Waals surface area (Å²) in [5.41, 5.74) is 0. The Bertz CT molecular complexity index is 395. The number of carboxylic acids is 3. The van der Waals surface area contributed by atoms with E-state index in [1.807, 2.05) is 0 Å². The molecular formula is C7H8K3O9P. The third kappa shape index (κ3) is 10.4. The third-order valence-corrected chi connectivity index (χ3v) is 3.80. The number of hydrogen-bond acceptors (Lipinski definition) is 7. The van der Waals surface area contributed by atoms with Gasteiger partial charge >= 0.3 is 162 Å². The van der Waals surface area contributed by atoms with Gasteiger partial charge in [-0.25, -0.2) is 0 Å². The van der Waals surface area contributed by atoms with Gasteiger partial charge < -0.3 is 39.5 Å². The summed E-state index contributed by atoms with van der Waals surface area (Å²) in [5, 5.41) is 28.0. The van der Waals surface area contributed by atoms with Crippen LogP contribution in [-0.2, 0) is 18.9 Å². The predicted octanol–water partition coefficient (Wildman–Crippen LogP) is -13.7. The summed E-state index contributed by atoms with van der Waals surface area (Å²) in [7, 11) is -5.45. The molecule has 98 valence electrons. The van der Waals surface area contributed by atoms with Crippen molar-refractivity contribution in [3.63, 3.8) is 0 Å². The zero-order valence-electron chi connectivity index (χ0n) is 11.3. The second kappa shape index (κ2) is 13.7. The molecule has 0 fully saturated rings. The molecule has 0 aromatic rings. The van der Waals surface area contributed by atoms with Crippen molar-refractivity contribution in [1.29, 1.82) is 0 Å². The van der Waals surface area contributed by atoms with E-state index in [4.69, 9.17) is 9.79 Å². The van der Waals surface area contributed by atoms with E-state index in [1.54, 1.807) is 0 Å². The van der Waals surface area contributed by atoms with Crippen LogP contribution in [0, 0.1) is 0 Å². The van der Waals surface area contributed by atoms with Gasteiger partial charge in [0.1, 0.15) is 5.16 Å². The topological polar surface area (TPSA) is 178 Å². The van der Waals surface area contributed by atoms with Crippen molar-refractivity contribution in [2.75, 3.05) is 0 Å². The molecule has 0 aliphatic carbocycles. The Morgan fingerprint density at radius 1 is 0.950 bits per heavy atom. The van der Waals surface area contributed by atoms with Crippen molar-refractivity contribution in [3.8, 4) is 0 Å². The molecule has 13 heteroatoms. The fourth-order valence-electron chi connectivity index (χ4n) is 1.18. The minimum absolute atomic E-state index is 0. The summed E-state index contributed by atoms with van der Waals surface area (Å²) >= 11 is 0. The van der Waals surface area contributed by atoms with Crippen LogP contribution >= 0.6 is 7.60 Å². The number of carboxylic acid groups (broad SMARTS) is 3. The van der Waals surface area contributed by atoms with E-state index >= 15 is 0 Å². The summed E-state index contributed by atoms with van der Waals surface area (Å²) in [6.07, 6.45) is -3.71. The average molecular weight is 384 g/mol. The molecule has 1 unspecified atom stereocenters. The SMILES string of the molecule is O=C([O-])CCC(CC(=O)[O-])(C(=O)[O-])P(=O)(O)O.[K+].[K+].[K+]. The van der Waals surface area contributed by atoms with Gasteiger partial charge in [0.25, 0.3) is 0 Å². The first-order valence-electron chi connectivity index (χ1n) is 4.20. The minimum Gasteiger partial charge on any atom is -0.550 e. The van der Waals surface area contributed by atoms with E-state index in [1.165, 1.54) is 0 Å². The molecule has 1 atom stereocenters. The van der Waals surface area contributed by atoms with Crippen LogP contribution in [0.25, 0.3) is 0 Å². The molecule has 9 nitrogen and oxygen atoms in total. The van der Waals surface area contributed by atoms with E-state index < -0.39 is 49.9 Å². The molecule has 0 saturated heterocycles. The number of carbonyl (C=O) groups is 3. The summed E-state index contributed by atoms with van der Waals surface area (Å²) in [6, 6.07) is 0.